The lowest BCUT2D eigenvalue weighted by Gasteiger charge is -2.36. The van der Waals surface area contributed by atoms with E-state index in [1.165, 1.54) is 43.0 Å². The number of alkyl halides is 1. The van der Waals surface area contributed by atoms with E-state index < -0.39 is 0 Å². The van der Waals surface area contributed by atoms with Gasteiger partial charge in [0, 0.05) is 18.1 Å². The lowest BCUT2D eigenvalue weighted by molar-refractivity contribution is 0.197. The van der Waals surface area contributed by atoms with E-state index in [0.29, 0.717) is 5.41 Å². The zero-order valence-corrected chi connectivity index (χ0v) is 12.1. The first-order valence-corrected chi connectivity index (χ1v) is 7.95. The molecule has 3 rings (SSSR count). The van der Waals surface area contributed by atoms with Gasteiger partial charge in [0.2, 0.25) is 0 Å². The second-order valence-electron chi connectivity index (χ2n) is 5.96. The third-order valence-electron chi connectivity index (χ3n) is 4.94. The highest BCUT2D eigenvalue weighted by Gasteiger charge is 2.49. The van der Waals surface area contributed by atoms with Crippen molar-refractivity contribution >= 4 is 15.9 Å². The van der Waals surface area contributed by atoms with Crippen LogP contribution in [-0.4, -0.2) is 15.1 Å². The Bertz CT molecular complexity index is 401. The lowest BCUT2D eigenvalue weighted by Crippen LogP contribution is -2.31. The molecule has 0 spiro atoms. The molecule has 3 heteroatoms. The highest BCUT2D eigenvalue weighted by molar-refractivity contribution is 9.09. The Hall–Kier alpha value is -0.310. The minimum absolute atomic E-state index is 0.532. The third kappa shape index (κ3) is 1.96. The van der Waals surface area contributed by atoms with Gasteiger partial charge in [-0.1, -0.05) is 22.4 Å². The van der Waals surface area contributed by atoms with Gasteiger partial charge >= 0.3 is 0 Å². The van der Waals surface area contributed by atoms with E-state index in [-0.39, 0.29) is 0 Å². The second kappa shape index (κ2) is 4.42. The molecule has 2 aliphatic rings. The quantitative estimate of drug-likeness (QED) is 0.776. The fraction of sp³-hybridized carbons (Fsp3) is 0.786. The van der Waals surface area contributed by atoms with Crippen molar-refractivity contribution in [1.29, 1.82) is 0 Å². The molecule has 94 valence electrons. The predicted octanol–water partition coefficient (Wildman–Crippen LogP) is 3.65. The normalized spacial score (nSPS) is 35.6. The minimum Gasteiger partial charge on any atom is -0.273 e. The Labute approximate surface area is 112 Å². The van der Waals surface area contributed by atoms with Crippen molar-refractivity contribution in [3.63, 3.8) is 0 Å². The van der Waals surface area contributed by atoms with Crippen LogP contribution < -0.4 is 0 Å². The van der Waals surface area contributed by atoms with Crippen molar-refractivity contribution in [3.8, 4) is 0 Å². The average Bonchev–Trinajstić information content (AvgIpc) is 3.04. The summed E-state index contributed by atoms with van der Waals surface area (Å²) < 4.78 is 2.05. The Morgan fingerprint density at radius 2 is 2.41 bits per heavy atom. The summed E-state index contributed by atoms with van der Waals surface area (Å²) in [6.45, 7) is 3.13. The molecule has 2 nitrogen and oxygen atoms in total. The van der Waals surface area contributed by atoms with Gasteiger partial charge in [-0.15, -0.1) is 0 Å². The highest BCUT2D eigenvalue weighted by atomic mass is 79.9. The molecule has 2 fully saturated rings. The number of hydrogen-bond acceptors (Lipinski definition) is 1. The lowest BCUT2D eigenvalue weighted by atomic mass is 9.71. The Morgan fingerprint density at radius 3 is 2.94 bits per heavy atom. The third-order valence-corrected chi connectivity index (χ3v) is 6.05. The number of halogens is 1. The van der Waals surface area contributed by atoms with Crippen LogP contribution in [0, 0.1) is 17.3 Å². The maximum Gasteiger partial charge on any atom is 0.0521 e. The van der Waals surface area contributed by atoms with Gasteiger partial charge in [-0.25, -0.2) is 0 Å². The number of aryl methyl sites for hydroxylation is 1. The van der Waals surface area contributed by atoms with Gasteiger partial charge in [0.1, 0.15) is 0 Å². The molecule has 0 saturated heterocycles. The summed E-state index contributed by atoms with van der Waals surface area (Å²) in [5, 5.41) is 5.57. The maximum absolute atomic E-state index is 4.41. The number of hydrogen-bond donors (Lipinski definition) is 0. The molecule has 2 aliphatic carbocycles. The molecule has 2 saturated carbocycles. The number of rotatable bonds is 4. The second-order valence-corrected chi connectivity index (χ2v) is 6.52. The summed E-state index contributed by atoms with van der Waals surface area (Å²) >= 11 is 3.79. The van der Waals surface area contributed by atoms with Crippen LogP contribution in [0.4, 0.5) is 0 Å². The summed E-state index contributed by atoms with van der Waals surface area (Å²) in [5.74, 6) is 1.97. The molecule has 1 aromatic rings. The van der Waals surface area contributed by atoms with Gasteiger partial charge in [0.05, 0.1) is 6.20 Å². The zero-order chi connectivity index (χ0) is 11.9. The first-order valence-electron chi connectivity index (χ1n) is 6.83. The SMILES string of the molecule is CCn1cc(CC2(CBr)CC3CCC2C3)cn1. The predicted molar refractivity (Wildman–Crippen MR) is 73.3 cm³/mol. The maximum atomic E-state index is 4.41. The van der Waals surface area contributed by atoms with Gasteiger partial charge < -0.3 is 0 Å². The molecule has 0 amide bonds. The van der Waals surface area contributed by atoms with Crippen molar-refractivity contribution in [3.05, 3.63) is 18.0 Å². The summed E-state index contributed by atoms with van der Waals surface area (Å²) in [6, 6.07) is 0. The van der Waals surface area contributed by atoms with E-state index in [0.717, 1.165) is 18.4 Å². The average molecular weight is 297 g/mol. The van der Waals surface area contributed by atoms with Gasteiger partial charge in [-0.3, -0.25) is 4.68 Å². The van der Waals surface area contributed by atoms with Crippen LogP contribution in [0.2, 0.25) is 0 Å². The number of nitrogens with zero attached hydrogens (tertiary/aromatic N) is 2. The fourth-order valence-electron chi connectivity index (χ4n) is 4.06. The zero-order valence-electron chi connectivity index (χ0n) is 10.5. The summed E-state index contributed by atoms with van der Waals surface area (Å²) in [4.78, 5) is 0. The van der Waals surface area contributed by atoms with Crippen molar-refractivity contribution < 1.29 is 0 Å². The largest absolute Gasteiger partial charge is 0.273 e. The topological polar surface area (TPSA) is 17.8 Å². The van der Waals surface area contributed by atoms with Crippen LogP contribution in [0.15, 0.2) is 12.4 Å². The first-order chi connectivity index (χ1) is 8.25. The molecule has 0 radical (unpaired) electrons. The van der Waals surface area contributed by atoms with Crippen LogP contribution in [0.3, 0.4) is 0 Å². The number of fused-ring (bicyclic) bond motifs is 2. The van der Waals surface area contributed by atoms with E-state index in [2.05, 4.69) is 40.3 Å². The van der Waals surface area contributed by atoms with E-state index in [1.807, 2.05) is 4.68 Å². The van der Waals surface area contributed by atoms with Crippen LogP contribution in [0.25, 0.3) is 0 Å². The van der Waals surface area contributed by atoms with Crippen molar-refractivity contribution in [2.45, 2.75) is 45.6 Å². The molecule has 3 unspecified atom stereocenters. The number of aromatic nitrogens is 2. The molecular formula is C14H21BrN2. The minimum atomic E-state index is 0.532. The van der Waals surface area contributed by atoms with Crippen molar-refractivity contribution in [1.82, 2.24) is 9.78 Å². The van der Waals surface area contributed by atoms with Gasteiger partial charge in [-0.05, 0) is 55.4 Å². The molecule has 0 N–H and O–H groups in total. The van der Waals surface area contributed by atoms with E-state index >= 15 is 0 Å². The summed E-state index contributed by atoms with van der Waals surface area (Å²) in [7, 11) is 0. The molecule has 1 heterocycles. The van der Waals surface area contributed by atoms with Crippen LogP contribution in [0.1, 0.15) is 38.2 Å². The highest BCUT2D eigenvalue weighted by Crippen LogP contribution is 2.57. The molecule has 1 aromatic heterocycles. The Balaban J connectivity index is 1.78. The van der Waals surface area contributed by atoms with E-state index in [1.54, 1.807) is 0 Å². The van der Waals surface area contributed by atoms with Crippen LogP contribution in [-0.2, 0) is 13.0 Å². The molecule has 0 aliphatic heterocycles. The van der Waals surface area contributed by atoms with E-state index in [4.69, 9.17) is 0 Å². The molecule has 2 bridgehead atoms. The molecular weight excluding hydrogens is 276 g/mol. The van der Waals surface area contributed by atoms with Gasteiger partial charge in [-0.2, -0.15) is 5.10 Å². The molecule has 17 heavy (non-hydrogen) atoms. The fourth-order valence-corrected chi connectivity index (χ4v) is 4.95. The van der Waals surface area contributed by atoms with Crippen molar-refractivity contribution in [2.24, 2.45) is 17.3 Å². The van der Waals surface area contributed by atoms with Gasteiger partial charge in [0.15, 0.2) is 0 Å². The molecule has 0 aromatic carbocycles. The van der Waals surface area contributed by atoms with Crippen molar-refractivity contribution in [2.75, 3.05) is 5.33 Å². The van der Waals surface area contributed by atoms with Crippen LogP contribution >= 0.6 is 15.9 Å². The van der Waals surface area contributed by atoms with Gasteiger partial charge in [0.25, 0.3) is 0 Å². The first kappa shape index (κ1) is 11.8. The van der Waals surface area contributed by atoms with E-state index in [9.17, 15) is 0 Å². The Morgan fingerprint density at radius 1 is 1.53 bits per heavy atom. The monoisotopic (exact) mass is 296 g/mol. The Kier molecular flexibility index (Phi) is 3.06. The smallest absolute Gasteiger partial charge is 0.0521 e. The molecule has 3 atom stereocenters. The van der Waals surface area contributed by atoms with Crippen LogP contribution in [0.5, 0.6) is 0 Å². The summed E-state index contributed by atoms with van der Waals surface area (Å²) in [6.07, 6.45) is 11.4. The standard InChI is InChI=1S/C14H21BrN2/c1-2-17-9-12(8-16-17)7-14(10-15)6-11-3-4-13(14)5-11/h8-9,11,13H,2-7,10H2,1H3. The summed E-state index contributed by atoms with van der Waals surface area (Å²) in [5.41, 5.74) is 1.96.